The van der Waals surface area contributed by atoms with Gasteiger partial charge in [-0.25, -0.2) is 0 Å². The molecule has 1 saturated carbocycles. The van der Waals surface area contributed by atoms with E-state index in [1.165, 1.54) is 24.0 Å². The molecule has 0 aliphatic heterocycles. The summed E-state index contributed by atoms with van der Waals surface area (Å²) in [7, 11) is 0. The molecule has 2 rings (SSSR count). The Bertz CT molecular complexity index is 473. The topological polar surface area (TPSA) is 36.4 Å². The van der Waals surface area contributed by atoms with Crippen molar-refractivity contribution in [3.63, 3.8) is 0 Å². The van der Waals surface area contributed by atoms with Crippen molar-refractivity contribution < 1.29 is 0 Å². The Morgan fingerprint density at radius 2 is 2.00 bits per heavy atom. The summed E-state index contributed by atoms with van der Waals surface area (Å²) < 4.78 is 0. The first-order valence-electron chi connectivity index (χ1n) is 7.68. The number of hydrogen-bond donors (Lipinski definition) is 2. The average molecular weight is 273 g/mol. The number of benzene rings is 1. The van der Waals surface area contributed by atoms with Gasteiger partial charge in [0.25, 0.3) is 0 Å². The highest BCUT2D eigenvalue weighted by Crippen LogP contribution is 2.49. The van der Waals surface area contributed by atoms with Gasteiger partial charge < -0.3 is 10.6 Å². The van der Waals surface area contributed by atoms with Crippen LogP contribution in [0.1, 0.15) is 44.7 Å². The predicted octanol–water partition coefficient (Wildman–Crippen LogP) is 2.99. The number of nitrogens with zero attached hydrogens (tertiary/aromatic N) is 1. The lowest BCUT2D eigenvalue weighted by atomic mass is 9.92. The first-order chi connectivity index (χ1) is 9.57. The molecule has 0 aromatic heterocycles. The normalized spacial score (nSPS) is 17.1. The lowest BCUT2D eigenvalue weighted by Crippen LogP contribution is -2.41. The van der Waals surface area contributed by atoms with E-state index in [4.69, 9.17) is 4.99 Å². The van der Waals surface area contributed by atoms with Crippen molar-refractivity contribution in [1.29, 1.82) is 0 Å². The molecule has 1 aromatic rings. The van der Waals surface area contributed by atoms with E-state index >= 15 is 0 Å². The van der Waals surface area contributed by atoms with E-state index in [2.05, 4.69) is 62.6 Å². The highest BCUT2D eigenvalue weighted by molar-refractivity contribution is 5.80. The molecule has 0 unspecified atom stereocenters. The number of rotatable bonds is 5. The van der Waals surface area contributed by atoms with Crippen LogP contribution < -0.4 is 10.6 Å². The number of hydrogen-bond acceptors (Lipinski definition) is 1. The van der Waals surface area contributed by atoms with Crippen LogP contribution in [0.2, 0.25) is 0 Å². The molecule has 20 heavy (non-hydrogen) atoms. The Morgan fingerprint density at radius 1 is 1.30 bits per heavy atom. The number of aryl methyl sites for hydroxylation is 1. The largest absolute Gasteiger partial charge is 0.357 e. The van der Waals surface area contributed by atoms with Crippen molar-refractivity contribution in [2.45, 2.75) is 52.0 Å². The summed E-state index contributed by atoms with van der Waals surface area (Å²) in [6.07, 6.45) is 2.50. The molecule has 0 amide bonds. The summed E-state index contributed by atoms with van der Waals surface area (Å²) in [4.78, 5) is 4.80. The Kier molecular flexibility index (Phi) is 4.69. The summed E-state index contributed by atoms with van der Waals surface area (Å²) in [5.74, 6) is 0.933. The van der Waals surface area contributed by atoms with Gasteiger partial charge in [-0.15, -0.1) is 0 Å². The minimum atomic E-state index is 0.282. The van der Waals surface area contributed by atoms with Gasteiger partial charge in [0.15, 0.2) is 5.96 Å². The van der Waals surface area contributed by atoms with Crippen LogP contribution in [-0.2, 0) is 5.41 Å². The highest BCUT2D eigenvalue weighted by atomic mass is 15.2. The smallest absolute Gasteiger partial charge is 0.191 e. The average Bonchev–Trinajstić information content (AvgIpc) is 3.17. The monoisotopic (exact) mass is 273 g/mol. The van der Waals surface area contributed by atoms with Gasteiger partial charge in [-0.3, -0.25) is 4.99 Å². The maximum Gasteiger partial charge on any atom is 0.191 e. The lowest BCUT2D eigenvalue weighted by molar-refractivity contribution is 0.667. The van der Waals surface area contributed by atoms with Gasteiger partial charge in [0.1, 0.15) is 0 Å². The fourth-order valence-corrected chi connectivity index (χ4v) is 2.66. The second-order valence-corrected chi connectivity index (χ2v) is 6.09. The quantitative estimate of drug-likeness (QED) is 0.639. The van der Waals surface area contributed by atoms with Gasteiger partial charge in [0, 0.05) is 18.0 Å². The maximum atomic E-state index is 4.80. The van der Waals surface area contributed by atoms with Crippen LogP contribution in [-0.4, -0.2) is 25.1 Å². The third kappa shape index (κ3) is 3.53. The molecule has 1 aromatic carbocycles. The molecule has 3 nitrogen and oxygen atoms in total. The molecule has 0 heterocycles. The van der Waals surface area contributed by atoms with E-state index in [1.807, 2.05) is 0 Å². The van der Waals surface area contributed by atoms with Gasteiger partial charge in [-0.1, -0.05) is 24.3 Å². The Labute approximate surface area is 122 Å². The molecular weight excluding hydrogens is 246 g/mol. The van der Waals surface area contributed by atoms with Gasteiger partial charge in [-0.05, 0) is 51.7 Å². The van der Waals surface area contributed by atoms with Crippen molar-refractivity contribution in [2.24, 2.45) is 4.99 Å². The Hall–Kier alpha value is -1.51. The van der Waals surface area contributed by atoms with Gasteiger partial charge in [-0.2, -0.15) is 0 Å². The fraction of sp³-hybridized carbons (Fsp3) is 0.588. The minimum Gasteiger partial charge on any atom is -0.357 e. The van der Waals surface area contributed by atoms with Crippen molar-refractivity contribution >= 4 is 5.96 Å². The van der Waals surface area contributed by atoms with Gasteiger partial charge in [0.05, 0.1) is 6.54 Å². The van der Waals surface area contributed by atoms with E-state index in [0.29, 0.717) is 6.04 Å². The third-order valence-corrected chi connectivity index (χ3v) is 3.88. The summed E-state index contributed by atoms with van der Waals surface area (Å²) in [5, 5.41) is 6.71. The molecule has 0 saturated heterocycles. The van der Waals surface area contributed by atoms with Crippen LogP contribution in [0.5, 0.6) is 0 Å². The zero-order chi connectivity index (χ0) is 14.6. The van der Waals surface area contributed by atoms with Crippen molar-refractivity contribution in [3.8, 4) is 0 Å². The van der Waals surface area contributed by atoms with Crippen molar-refractivity contribution in [2.75, 3.05) is 13.1 Å². The predicted molar refractivity (Wildman–Crippen MR) is 86.3 cm³/mol. The fourth-order valence-electron chi connectivity index (χ4n) is 2.66. The van der Waals surface area contributed by atoms with Crippen LogP contribution in [0.4, 0.5) is 0 Å². The molecule has 3 heteroatoms. The maximum absolute atomic E-state index is 4.80. The second kappa shape index (κ2) is 6.29. The highest BCUT2D eigenvalue weighted by Gasteiger charge is 2.44. The molecular formula is C17H27N3. The van der Waals surface area contributed by atoms with E-state index in [9.17, 15) is 0 Å². The molecule has 0 bridgehead atoms. The zero-order valence-corrected chi connectivity index (χ0v) is 13.2. The summed E-state index contributed by atoms with van der Waals surface area (Å²) in [5.41, 5.74) is 3.15. The minimum absolute atomic E-state index is 0.282. The summed E-state index contributed by atoms with van der Waals surface area (Å²) in [6.45, 7) is 10.4. The lowest BCUT2D eigenvalue weighted by Gasteiger charge is -2.18. The zero-order valence-electron chi connectivity index (χ0n) is 13.2. The first kappa shape index (κ1) is 14.9. The summed E-state index contributed by atoms with van der Waals surface area (Å²) in [6, 6.07) is 9.13. The molecule has 1 fully saturated rings. The molecule has 1 aliphatic rings. The SMILES string of the molecule is CCNC(=NCC1(c2ccccc2C)CC1)NC(C)C. The van der Waals surface area contributed by atoms with E-state index in [-0.39, 0.29) is 5.41 Å². The second-order valence-electron chi connectivity index (χ2n) is 6.09. The number of nitrogens with one attached hydrogen (secondary N) is 2. The summed E-state index contributed by atoms with van der Waals surface area (Å²) >= 11 is 0. The molecule has 0 spiro atoms. The van der Waals surface area contributed by atoms with Gasteiger partial charge in [0.2, 0.25) is 0 Å². The first-order valence-corrected chi connectivity index (χ1v) is 7.68. The number of guanidine groups is 1. The van der Waals surface area contributed by atoms with Crippen molar-refractivity contribution in [1.82, 2.24) is 10.6 Å². The van der Waals surface area contributed by atoms with Crippen LogP contribution in [0.25, 0.3) is 0 Å². The van der Waals surface area contributed by atoms with Crippen LogP contribution in [0, 0.1) is 6.92 Å². The molecule has 2 N–H and O–H groups in total. The van der Waals surface area contributed by atoms with Crippen molar-refractivity contribution in [3.05, 3.63) is 35.4 Å². The standard InChI is InChI=1S/C17H27N3/c1-5-18-16(20-13(2)3)19-12-17(10-11-17)15-9-7-6-8-14(15)4/h6-9,13H,5,10-12H2,1-4H3,(H2,18,19,20). The molecule has 1 aliphatic carbocycles. The van der Waals surface area contributed by atoms with Crippen LogP contribution in [0.3, 0.4) is 0 Å². The number of aliphatic imine (C=N–C) groups is 1. The van der Waals surface area contributed by atoms with Crippen LogP contribution in [0.15, 0.2) is 29.3 Å². The van der Waals surface area contributed by atoms with E-state index in [1.54, 1.807) is 0 Å². The van der Waals surface area contributed by atoms with E-state index in [0.717, 1.165) is 19.0 Å². The van der Waals surface area contributed by atoms with E-state index < -0.39 is 0 Å². The Morgan fingerprint density at radius 3 is 2.55 bits per heavy atom. The molecule has 0 atom stereocenters. The van der Waals surface area contributed by atoms with Gasteiger partial charge >= 0.3 is 0 Å². The third-order valence-electron chi connectivity index (χ3n) is 3.88. The Balaban J connectivity index is 2.10. The molecule has 110 valence electrons. The van der Waals surface area contributed by atoms with Crippen LogP contribution >= 0.6 is 0 Å². The molecule has 0 radical (unpaired) electrons.